The number of aromatic nitrogens is 2. The normalized spacial score (nSPS) is 16.4. The highest BCUT2D eigenvalue weighted by molar-refractivity contribution is 7.92. The second-order valence-electron chi connectivity index (χ2n) is 7.73. The van der Waals surface area contributed by atoms with Crippen molar-refractivity contribution in [3.8, 4) is 0 Å². The topological polar surface area (TPSA) is 78.4 Å². The lowest BCUT2D eigenvalue weighted by Crippen LogP contribution is -2.45. The summed E-state index contributed by atoms with van der Waals surface area (Å²) in [6, 6.07) is 0. The standard InChI is InChI=1S/C17H31N5O2S/c1-13(2)14-11-19-16(20-15(14)22-9-7-18-8-10-22)21(5)12-17(3,4)25(6,23)24/h11,13,18H,7-10,12H2,1-6H3. The first-order valence-corrected chi connectivity index (χ1v) is 10.7. The van der Waals surface area contributed by atoms with Crippen molar-refractivity contribution in [3.63, 3.8) is 0 Å². The van der Waals surface area contributed by atoms with Gasteiger partial charge in [-0.3, -0.25) is 0 Å². The number of nitrogens with one attached hydrogen (secondary N) is 1. The van der Waals surface area contributed by atoms with Gasteiger partial charge in [0.25, 0.3) is 0 Å². The summed E-state index contributed by atoms with van der Waals surface area (Å²) in [7, 11) is -1.33. The van der Waals surface area contributed by atoms with Gasteiger partial charge >= 0.3 is 0 Å². The fraction of sp³-hybridized carbons (Fsp3) is 0.765. The smallest absolute Gasteiger partial charge is 0.227 e. The average Bonchev–Trinajstić information content (AvgIpc) is 2.53. The van der Waals surface area contributed by atoms with Crippen LogP contribution in [0.25, 0.3) is 0 Å². The molecule has 0 radical (unpaired) electrons. The molecule has 0 unspecified atom stereocenters. The van der Waals surface area contributed by atoms with E-state index in [4.69, 9.17) is 4.98 Å². The minimum atomic E-state index is -3.17. The molecule has 0 spiro atoms. The first-order chi connectivity index (χ1) is 11.5. The Bertz CT molecular complexity index is 697. The molecule has 1 aliphatic rings. The van der Waals surface area contributed by atoms with E-state index in [1.54, 1.807) is 13.8 Å². The van der Waals surface area contributed by atoms with Crippen LogP contribution in [0.1, 0.15) is 39.2 Å². The third-order valence-corrected chi connectivity index (χ3v) is 6.92. The average molecular weight is 370 g/mol. The van der Waals surface area contributed by atoms with Gasteiger partial charge in [-0.05, 0) is 19.8 Å². The molecule has 1 aliphatic heterocycles. The van der Waals surface area contributed by atoms with Gasteiger partial charge in [-0.25, -0.2) is 13.4 Å². The highest BCUT2D eigenvalue weighted by atomic mass is 32.2. The summed E-state index contributed by atoms with van der Waals surface area (Å²) < 4.78 is 23.1. The van der Waals surface area contributed by atoms with Crippen LogP contribution in [0, 0.1) is 0 Å². The van der Waals surface area contributed by atoms with Gasteiger partial charge in [0.1, 0.15) is 5.82 Å². The summed E-state index contributed by atoms with van der Waals surface area (Å²) in [6.07, 6.45) is 3.16. The highest BCUT2D eigenvalue weighted by Gasteiger charge is 2.32. The van der Waals surface area contributed by atoms with E-state index in [1.807, 2.05) is 18.1 Å². The number of anilines is 2. The van der Waals surface area contributed by atoms with E-state index in [9.17, 15) is 8.42 Å². The van der Waals surface area contributed by atoms with Gasteiger partial charge in [0.15, 0.2) is 9.84 Å². The van der Waals surface area contributed by atoms with Crippen molar-refractivity contribution in [1.82, 2.24) is 15.3 Å². The van der Waals surface area contributed by atoms with E-state index < -0.39 is 14.6 Å². The van der Waals surface area contributed by atoms with Crippen LogP contribution in [0.5, 0.6) is 0 Å². The maximum atomic E-state index is 12.0. The number of sulfone groups is 1. The van der Waals surface area contributed by atoms with Crippen LogP contribution in [-0.2, 0) is 9.84 Å². The Morgan fingerprint density at radius 2 is 1.92 bits per heavy atom. The van der Waals surface area contributed by atoms with Gasteiger partial charge in [-0.2, -0.15) is 4.98 Å². The lowest BCUT2D eigenvalue weighted by atomic mass is 10.1. The Morgan fingerprint density at radius 1 is 1.32 bits per heavy atom. The van der Waals surface area contributed by atoms with Crippen LogP contribution < -0.4 is 15.1 Å². The van der Waals surface area contributed by atoms with E-state index >= 15 is 0 Å². The van der Waals surface area contributed by atoms with E-state index in [2.05, 4.69) is 29.0 Å². The van der Waals surface area contributed by atoms with Gasteiger partial charge < -0.3 is 15.1 Å². The van der Waals surface area contributed by atoms with Crippen LogP contribution in [0.3, 0.4) is 0 Å². The summed E-state index contributed by atoms with van der Waals surface area (Å²) in [5, 5.41) is 3.36. The van der Waals surface area contributed by atoms with Crippen LogP contribution in [0.2, 0.25) is 0 Å². The minimum Gasteiger partial charge on any atom is -0.354 e. The second-order valence-corrected chi connectivity index (χ2v) is 10.4. The van der Waals surface area contributed by atoms with E-state index in [0.717, 1.165) is 37.6 Å². The van der Waals surface area contributed by atoms with Gasteiger partial charge in [0, 0.05) is 57.8 Å². The predicted octanol–water partition coefficient (Wildman–Crippen LogP) is 1.27. The monoisotopic (exact) mass is 369 g/mol. The fourth-order valence-electron chi connectivity index (χ4n) is 2.85. The quantitative estimate of drug-likeness (QED) is 0.809. The maximum absolute atomic E-state index is 12.0. The lowest BCUT2D eigenvalue weighted by molar-refractivity contribution is 0.548. The molecule has 2 rings (SSSR count). The van der Waals surface area contributed by atoms with Crippen molar-refractivity contribution in [3.05, 3.63) is 11.8 Å². The minimum absolute atomic E-state index is 0.330. The number of rotatable bonds is 6. The molecule has 0 atom stereocenters. The van der Waals surface area contributed by atoms with Crippen LogP contribution in [-0.4, -0.2) is 69.2 Å². The molecule has 1 aromatic heterocycles. The van der Waals surface area contributed by atoms with E-state index in [1.165, 1.54) is 6.26 Å². The molecular weight excluding hydrogens is 338 g/mol. The van der Waals surface area contributed by atoms with Gasteiger partial charge in [0.05, 0.1) is 4.75 Å². The van der Waals surface area contributed by atoms with Crippen LogP contribution in [0.4, 0.5) is 11.8 Å². The van der Waals surface area contributed by atoms with Crippen LogP contribution in [0.15, 0.2) is 6.20 Å². The zero-order valence-electron chi connectivity index (χ0n) is 16.2. The Hall–Kier alpha value is -1.41. The zero-order chi connectivity index (χ0) is 18.8. The maximum Gasteiger partial charge on any atom is 0.227 e. The van der Waals surface area contributed by atoms with E-state index in [-0.39, 0.29) is 0 Å². The number of piperazine rings is 1. The summed E-state index contributed by atoms with van der Waals surface area (Å²) in [5.41, 5.74) is 1.13. The van der Waals surface area contributed by atoms with Crippen molar-refractivity contribution >= 4 is 21.6 Å². The molecule has 0 amide bonds. The third kappa shape index (κ3) is 4.61. The summed E-state index contributed by atoms with van der Waals surface area (Å²) in [4.78, 5) is 13.4. The molecule has 2 heterocycles. The Kier molecular flexibility index (Phi) is 5.93. The molecule has 1 saturated heterocycles. The first-order valence-electron chi connectivity index (χ1n) is 8.76. The summed E-state index contributed by atoms with van der Waals surface area (Å²) in [5.74, 6) is 1.86. The molecule has 1 fully saturated rings. The largest absolute Gasteiger partial charge is 0.354 e. The lowest BCUT2D eigenvalue weighted by Gasteiger charge is -2.32. The molecule has 7 nitrogen and oxygen atoms in total. The molecule has 0 saturated carbocycles. The third-order valence-electron chi connectivity index (χ3n) is 4.78. The highest BCUT2D eigenvalue weighted by Crippen LogP contribution is 2.28. The molecule has 1 aromatic rings. The molecule has 8 heteroatoms. The Balaban J connectivity index is 2.32. The zero-order valence-corrected chi connectivity index (χ0v) is 17.0. The number of hydrogen-bond donors (Lipinski definition) is 1. The summed E-state index contributed by atoms with van der Waals surface area (Å²) in [6.45, 7) is 11.8. The fourth-order valence-corrected chi connectivity index (χ4v) is 3.28. The Morgan fingerprint density at radius 3 is 2.44 bits per heavy atom. The van der Waals surface area contributed by atoms with Crippen molar-refractivity contribution in [1.29, 1.82) is 0 Å². The molecular formula is C17H31N5O2S. The molecule has 1 N–H and O–H groups in total. The Labute approximate surface area is 151 Å². The molecule has 0 bridgehead atoms. The van der Waals surface area contributed by atoms with Crippen molar-refractivity contribution in [2.45, 2.75) is 38.4 Å². The summed E-state index contributed by atoms with van der Waals surface area (Å²) >= 11 is 0. The number of nitrogens with zero attached hydrogens (tertiary/aromatic N) is 4. The van der Waals surface area contributed by atoms with E-state index in [0.29, 0.717) is 18.4 Å². The first kappa shape index (κ1) is 19.9. The van der Waals surface area contributed by atoms with Gasteiger partial charge in [-0.15, -0.1) is 0 Å². The van der Waals surface area contributed by atoms with Crippen molar-refractivity contribution in [2.75, 3.05) is 55.8 Å². The molecule has 0 aromatic carbocycles. The number of hydrogen-bond acceptors (Lipinski definition) is 7. The SMILES string of the molecule is CC(C)c1cnc(N(C)CC(C)(C)S(C)(=O)=O)nc1N1CCNCC1. The van der Waals surface area contributed by atoms with Crippen LogP contribution >= 0.6 is 0 Å². The van der Waals surface area contributed by atoms with Crippen molar-refractivity contribution in [2.24, 2.45) is 0 Å². The molecule has 142 valence electrons. The van der Waals surface area contributed by atoms with Gasteiger partial charge in [0.2, 0.25) is 5.95 Å². The molecule has 0 aliphatic carbocycles. The second kappa shape index (κ2) is 7.45. The van der Waals surface area contributed by atoms with Gasteiger partial charge in [-0.1, -0.05) is 13.8 Å². The molecule has 25 heavy (non-hydrogen) atoms. The van der Waals surface area contributed by atoms with Crippen molar-refractivity contribution < 1.29 is 8.42 Å². The predicted molar refractivity (Wildman–Crippen MR) is 103 cm³/mol.